The van der Waals surface area contributed by atoms with Crippen molar-refractivity contribution in [2.75, 3.05) is 13.1 Å². The fourth-order valence-electron chi connectivity index (χ4n) is 5.98. The van der Waals surface area contributed by atoms with Gasteiger partial charge in [-0.1, -0.05) is 6.07 Å². The van der Waals surface area contributed by atoms with Crippen molar-refractivity contribution in [3.05, 3.63) is 94.8 Å². The highest BCUT2D eigenvalue weighted by Crippen LogP contribution is 2.50. The number of hydrogen-bond donors (Lipinski definition) is 1. The molecule has 0 bridgehead atoms. The molecule has 1 aliphatic heterocycles. The smallest absolute Gasteiger partial charge is 0.328 e. The number of carbonyl (C=O) groups is 1. The van der Waals surface area contributed by atoms with E-state index in [1.807, 2.05) is 24.3 Å². The molecule has 6 rings (SSSR count). The molecule has 1 saturated carbocycles. The predicted octanol–water partition coefficient (Wildman–Crippen LogP) is 6.60. The number of hydrogen-bond acceptors (Lipinski definition) is 7. The molecule has 0 amide bonds. The van der Waals surface area contributed by atoms with Gasteiger partial charge in [-0.3, -0.25) is 4.90 Å². The van der Waals surface area contributed by atoms with Crippen molar-refractivity contribution in [2.45, 2.75) is 57.9 Å². The highest BCUT2D eigenvalue weighted by molar-refractivity contribution is 5.87. The Morgan fingerprint density at radius 3 is 2.57 bits per heavy atom. The van der Waals surface area contributed by atoms with Gasteiger partial charge in [0, 0.05) is 43.1 Å². The Kier molecular flexibility index (Phi) is 9.19. The molecule has 9 nitrogen and oxygen atoms in total. The normalized spacial score (nSPS) is 16.2. The number of nitriles is 2. The van der Waals surface area contributed by atoms with E-state index in [2.05, 4.69) is 15.5 Å². The molecule has 0 unspecified atom stereocenters. The molecule has 11 heteroatoms. The first-order valence-corrected chi connectivity index (χ1v) is 15.5. The van der Waals surface area contributed by atoms with Crippen LogP contribution in [0.3, 0.4) is 0 Å². The van der Waals surface area contributed by atoms with E-state index in [1.165, 1.54) is 18.2 Å². The first kappa shape index (κ1) is 31.7. The van der Waals surface area contributed by atoms with Crippen LogP contribution in [-0.2, 0) is 24.5 Å². The lowest BCUT2D eigenvalue weighted by Gasteiger charge is -2.32. The summed E-state index contributed by atoms with van der Waals surface area (Å²) in [4.78, 5) is 18.3. The van der Waals surface area contributed by atoms with Crippen molar-refractivity contribution in [3.63, 3.8) is 0 Å². The first-order valence-electron chi connectivity index (χ1n) is 15.5. The Bertz CT molecular complexity index is 1910. The molecule has 240 valence electrons. The van der Waals surface area contributed by atoms with E-state index in [0.29, 0.717) is 25.3 Å². The van der Waals surface area contributed by atoms with Crippen LogP contribution in [0.25, 0.3) is 17.1 Å². The van der Waals surface area contributed by atoms with Crippen LogP contribution in [0.4, 0.5) is 8.78 Å². The number of likely N-dealkylation sites (tertiary alicyclic amines) is 1. The molecule has 2 aliphatic rings. The van der Waals surface area contributed by atoms with E-state index in [9.17, 15) is 18.8 Å². The van der Waals surface area contributed by atoms with Gasteiger partial charge >= 0.3 is 5.97 Å². The van der Waals surface area contributed by atoms with Crippen molar-refractivity contribution in [3.8, 4) is 23.6 Å². The van der Waals surface area contributed by atoms with E-state index in [-0.39, 0.29) is 35.0 Å². The Morgan fingerprint density at radius 2 is 1.87 bits per heavy atom. The fraction of sp³-hybridized carbons (Fsp3) is 0.333. The van der Waals surface area contributed by atoms with Gasteiger partial charge in [0.25, 0.3) is 0 Å². The Balaban J connectivity index is 1.10. The van der Waals surface area contributed by atoms with E-state index in [1.54, 1.807) is 18.2 Å². The van der Waals surface area contributed by atoms with E-state index < -0.39 is 17.6 Å². The van der Waals surface area contributed by atoms with E-state index in [4.69, 9.17) is 24.8 Å². The number of aliphatic carboxylic acids is 1. The summed E-state index contributed by atoms with van der Waals surface area (Å²) in [7, 11) is 0. The molecular weight excluding hydrogens is 604 g/mol. The zero-order chi connectivity index (χ0) is 33.0. The molecule has 2 fully saturated rings. The topological polar surface area (TPSA) is 124 Å². The molecule has 1 aliphatic carbocycles. The number of rotatable bonds is 12. The molecule has 0 atom stereocenters. The van der Waals surface area contributed by atoms with Gasteiger partial charge in [-0.05, 0) is 85.9 Å². The van der Waals surface area contributed by atoms with Crippen molar-refractivity contribution >= 4 is 23.1 Å². The molecule has 1 aromatic heterocycles. The quantitative estimate of drug-likeness (QED) is 0.172. The van der Waals surface area contributed by atoms with Crippen LogP contribution in [-0.4, -0.2) is 44.7 Å². The zero-order valence-corrected chi connectivity index (χ0v) is 25.7. The van der Waals surface area contributed by atoms with Crippen molar-refractivity contribution in [1.82, 2.24) is 14.5 Å². The fourth-order valence-corrected chi connectivity index (χ4v) is 5.98. The molecule has 1 N–H and O–H groups in total. The SMILES string of the molecule is N#CCC1(Cn2c(CN3CCC(Oc4ccc(F)c(COc5ccc(C#N)cc5F)c4)CC3)nc3ccc(/C=C/C(=O)O)cc32)CC1. The highest BCUT2D eigenvalue weighted by atomic mass is 19.1. The third-order valence-electron chi connectivity index (χ3n) is 8.84. The number of benzene rings is 3. The molecule has 4 aromatic rings. The van der Waals surface area contributed by atoms with Crippen molar-refractivity contribution in [2.24, 2.45) is 5.41 Å². The van der Waals surface area contributed by atoms with Crippen molar-refractivity contribution in [1.29, 1.82) is 10.5 Å². The zero-order valence-electron chi connectivity index (χ0n) is 25.7. The summed E-state index contributed by atoms with van der Waals surface area (Å²) in [5.74, 6) is -0.843. The summed E-state index contributed by atoms with van der Waals surface area (Å²) in [5.41, 5.74) is 2.87. The monoisotopic (exact) mass is 637 g/mol. The average Bonchev–Trinajstić information content (AvgIpc) is 3.75. The third-order valence-corrected chi connectivity index (χ3v) is 8.84. The van der Waals surface area contributed by atoms with Crippen LogP contribution in [0.5, 0.6) is 11.5 Å². The van der Waals surface area contributed by atoms with Gasteiger partial charge < -0.3 is 19.1 Å². The van der Waals surface area contributed by atoms with E-state index >= 15 is 0 Å². The number of piperidine rings is 1. The lowest BCUT2D eigenvalue weighted by molar-refractivity contribution is -0.131. The lowest BCUT2D eigenvalue weighted by Crippen LogP contribution is -2.38. The lowest BCUT2D eigenvalue weighted by atomic mass is 10.0. The maximum Gasteiger partial charge on any atom is 0.328 e. The molecule has 1 saturated heterocycles. The van der Waals surface area contributed by atoms with Crippen molar-refractivity contribution < 1.29 is 28.2 Å². The number of aromatic nitrogens is 2. The van der Waals surface area contributed by atoms with E-state index in [0.717, 1.165) is 73.3 Å². The van der Waals surface area contributed by atoms with Gasteiger partial charge in [0.1, 0.15) is 30.1 Å². The number of imidazole rings is 1. The highest BCUT2D eigenvalue weighted by Gasteiger charge is 2.43. The Morgan fingerprint density at radius 1 is 1.06 bits per heavy atom. The van der Waals surface area contributed by atoms with Gasteiger partial charge in [0.2, 0.25) is 0 Å². The van der Waals surface area contributed by atoms with Gasteiger partial charge in [-0.15, -0.1) is 0 Å². The Hall–Kier alpha value is -5.26. The number of halogens is 2. The van der Waals surface area contributed by atoms with Crippen LogP contribution in [0.15, 0.2) is 60.7 Å². The largest absolute Gasteiger partial charge is 0.490 e. The molecule has 3 aromatic carbocycles. The van der Waals surface area contributed by atoms with Gasteiger partial charge in [0.15, 0.2) is 11.6 Å². The minimum Gasteiger partial charge on any atom is -0.490 e. The molecule has 47 heavy (non-hydrogen) atoms. The third kappa shape index (κ3) is 7.59. The first-order chi connectivity index (χ1) is 22.7. The maximum absolute atomic E-state index is 14.6. The average molecular weight is 638 g/mol. The van der Waals surface area contributed by atoms with Gasteiger partial charge in [-0.2, -0.15) is 10.5 Å². The molecule has 2 heterocycles. The molecule has 0 radical (unpaired) electrons. The Labute approximate surface area is 270 Å². The standard InChI is InChI=1S/C36H33F2N5O4/c37-29-5-4-28(19-26(29)22-46-33-7-2-25(20-40)17-30(33)38)47-27-9-15-42(16-10-27)21-34-41-31-6-1-24(3-8-35(44)45)18-32(31)43(34)23-36(11-12-36)13-14-39/h1-8,17-19,27H,9-13,15-16,21-23H2,(H,44,45)/b8-3+. The van der Waals surface area contributed by atoms with Crippen LogP contribution >= 0.6 is 0 Å². The predicted molar refractivity (Wildman–Crippen MR) is 169 cm³/mol. The van der Waals surface area contributed by atoms with Gasteiger partial charge in [-0.25, -0.2) is 18.6 Å². The number of nitrogens with zero attached hydrogens (tertiary/aromatic N) is 5. The summed E-state index contributed by atoms with van der Waals surface area (Å²) in [6.07, 6.45) is 6.58. The summed E-state index contributed by atoms with van der Waals surface area (Å²) >= 11 is 0. The van der Waals surface area contributed by atoms with Gasteiger partial charge in [0.05, 0.1) is 35.3 Å². The number of carboxylic acid groups (broad SMARTS) is 1. The summed E-state index contributed by atoms with van der Waals surface area (Å²) < 4.78 is 42.7. The summed E-state index contributed by atoms with van der Waals surface area (Å²) in [5, 5.41) is 27.4. The second-order valence-electron chi connectivity index (χ2n) is 12.3. The second-order valence-corrected chi connectivity index (χ2v) is 12.3. The maximum atomic E-state index is 14.6. The number of fused-ring (bicyclic) bond motifs is 1. The summed E-state index contributed by atoms with van der Waals surface area (Å²) in [6, 6.07) is 18.2. The van der Waals surface area contributed by atoms with Crippen LogP contribution in [0.1, 0.15) is 54.6 Å². The summed E-state index contributed by atoms with van der Waals surface area (Å²) in [6.45, 7) is 2.64. The molecular formula is C36H33F2N5O4. The minimum atomic E-state index is -1.01. The van der Waals surface area contributed by atoms with Crippen LogP contribution in [0, 0.1) is 39.7 Å². The number of ether oxygens (including phenoxy) is 2. The molecule has 0 spiro atoms. The minimum absolute atomic E-state index is 0.0555. The number of carboxylic acids is 1. The van der Waals surface area contributed by atoms with Crippen LogP contribution in [0.2, 0.25) is 0 Å². The second kappa shape index (κ2) is 13.6. The van der Waals surface area contributed by atoms with Crippen LogP contribution < -0.4 is 9.47 Å².